The van der Waals surface area contributed by atoms with Crippen LogP contribution in [0.25, 0.3) is 0 Å². The number of carboxylic acids is 1. The topological polar surface area (TPSA) is 54.4 Å². The summed E-state index contributed by atoms with van der Waals surface area (Å²) in [5.74, 6) is -0.833. The molecule has 0 heterocycles. The second-order valence-corrected chi connectivity index (χ2v) is 3.54. The molecule has 1 aromatic carbocycles. The van der Waals surface area contributed by atoms with Crippen molar-refractivity contribution in [3.05, 3.63) is 34.9 Å². The first kappa shape index (κ1) is 11.4. The van der Waals surface area contributed by atoms with Gasteiger partial charge < -0.3 is 9.90 Å². The minimum Gasteiger partial charge on any atom is -0.481 e. The van der Waals surface area contributed by atoms with Gasteiger partial charge >= 0.3 is 5.97 Å². The number of carbonyl (C=O) groups excluding carboxylic acids is 1. The fourth-order valence-corrected chi connectivity index (χ4v) is 1.49. The molecule has 0 saturated heterocycles. The van der Waals surface area contributed by atoms with Crippen LogP contribution in [0.1, 0.15) is 23.1 Å². The number of carbonyl (C=O) groups is 2. The third kappa shape index (κ3) is 3.54. The molecule has 0 unspecified atom stereocenters. The molecule has 0 saturated carbocycles. The van der Waals surface area contributed by atoms with Crippen molar-refractivity contribution in [1.82, 2.24) is 0 Å². The summed E-state index contributed by atoms with van der Waals surface area (Å²) in [6, 6.07) is 5.58. The summed E-state index contributed by atoms with van der Waals surface area (Å²) in [5.41, 5.74) is 2.95. The zero-order valence-corrected chi connectivity index (χ0v) is 8.69. The highest BCUT2D eigenvalue weighted by atomic mass is 16.4. The number of aryl methyl sites for hydroxylation is 2. The quantitative estimate of drug-likeness (QED) is 0.747. The standard InChI is InChI=1S/C12H14O3/c1-9-4-5-10(8-12(14)15)7-11(9)3-2-6-13/h4-7H,2-3,8H2,1H3,(H,14,15). The molecule has 0 spiro atoms. The smallest absolute Gasteiger partial charge is 0.307 e. The number of hydrogen-bond acceptors (Lipinski definition) is 2. The number of rotatable bonds is 5. The summed E-state index contributed by atoms with van der Waals surface area (Å²) in [7, 11) is 0. The average molecular weight is 206 g/mol. The Hall–Kier alpha value is -1.64. The van der Waals surface area contributed by atoms with E-state index >= 15 is 0 Å². The minimum atomic E-state index is -0.833. The molecule has 15 heavy (non-hydrogen) atoms. The number of benzene rings is 1. The van der Waals surface area contributed by atoms with E-state index in [0.29, 0.717) is 12.8 Å². The number of aliphatic carboxylic acids is 1. The van der Waals surface area contributed by atoms with Crippen LogP contribution in [0.4, 0.5) is 0 Å². The second-order valence-electron chi connectivity index (χ2n) is 3.54. The van der Waals surface area contributed by atoms with Crippen LogP contribution in [0.5, 0.6) is 0 Å². The summed E-state index contributed by atoms with van der Waals surface area (Å²) < 4.78 is 0. The molecule has 1 N–H and O–H groups in total. The predicted octanol–water partition coefficient (Wildman–Crippen LogP) is 1.75. The van der Waals surface area contributed by atoms with Crippen LogP contribution in [0.3, 0.4) is 0 Å². The molecule has 3 nitrogen and oxygen atoms in total. The Kier molecular flexibility index (Phi) is 4.03. The molecule has 3 heteroatoms. The van der Waals surface area contributed by atoms with E-state index in [1.807, 2.05) is 25.1 Å². The van der Waals surface area contributed by atoms with Gasteiger partial charge in [-0.1, -0.05) is 18.2 Å². The Morgan fingerprint density at radius 1 is 1.47 bits per heavy atom. The Bertz CT molecular complexity index is 369. The monoisotopic (exact) mass is 206 g/mol. The molecule has 0 amide bonds. The van der Waals surface area contributed by atoms with Gasteiger partial charge in [0.15, 0.2) is 0 Å². The highest BCUT2D eigenvalue weighted by Crippen LogP contribution is 2.13. The van der Waals surface area contributed by atoms with Crippen molar-refractivity contribution in [2.24, 2.45) is 0 Å². The summed E-state index contributed by atoms with van der Waals surface area (Å²) in [6.07, 6.45) is 2.08. The molecule has 80 valence electrons. The van der Waals surface area contributed by atoms with Gasteiger partial charge in [0.05, 0.1) is 6.42 Å². The number of carboxylic acid groups (broad SMARTS) is 1. The Morgan fingerprint density at radius 2 is 2.20 bits per heavy atom. The van der Waals surface area contributed by atoms with E-state index in [2.05, 4.69) is 0 Å². The van der Waals surface area contributed by atoms with Gasteiger partial charge in [-0.3, -0.25) is 4.79 Å². The Morgan fingerprint density at radius 3 is 2.80 bits per heavy atom. The van der Waals surface area contributed by atoms with Crippen LogP contribution in [0.15, 0.2) is 18.2 Å². The van der Waals surface area contributed by atoms with Crippen LogP contribution in [-0.2, 0) is 22.4 Å². The normalized spacial score (nSPS) is 9.93. The zero-order chi connectivity index (χ0) is 11.3. The van der Waals surface area contributed by atoms with Crippen LogP contribution in [0.2, 0.25) is 0 Å². The van der Waals surface area contributed by atoms with Crippen molar-refractivity contribution >= 4 is 12.3 Å². The summed E-state index contributed by atoms with van der Waals surface area (Å²) >= 11 is 0. The third-order valence-corrected chi connectivity index (χ3v) is 2.30. The van der Waals surface area contributed by atoms with Crippen LogP contribution < -0.4 is 0 Å². The molecule has 1 aromatic rings. The van der Waals surface area contributed by atoms with Crippen molar-refractivity contribution in [1.29, 1.82) is 0 Å². The lowest BCUT2D eigenvalue weighted by Crippen LogP contribution is -2.01. The van der Waals surface area contributed by atoms with Crippen molar-refractivity contribution in [2.75, 3.05) is 0 Å². The van der Waals surface area contributed by atoms with E-state index in [1.54, 1.807) is 0 Å². The SMILES string of the molecule is Cc1ccc(CC(=O)O)cc1CCC=O. The lowest BCUT2D eigenvalue weighted by molar-refractivity contribution is -0.136. The van der Waals surface area contributed by atoms with Crippen molar-refractivity contribution in [2.45, 2.75) is 26.2 Å². The lowest BCUT2D eigenvalue weighted by atomic mass is 10.00. The van der Waals surface area contributed by atoms with E-state index in [9.17, 15) is 9.59 Å². The molecule has 0 aliphatic heterocycles. The van der Waals surface area contributed by atoms with Gasteiger partial charge in [0.1, 0.15) is 6.29 Å². The van der Waals surface area contributed by atoms with Gasteiger partial charge in [-0.2, -0.15) is 0 Å². The Balaban J connectivity index is 2.84. The van der Waals surface area contributed by atoms with Crippen molar-refractivity contribution in [3.8, 4) is 0 Å². The highest BCUT2D eigenvalue weighted by Gasteiger charge is 2.03. The largest absolute Gasteiger partial charge is 0.481 e. The minimum absolute atomic E-state index is 0.0361. The molecule has 0 fully saturated rings. The fourth-order valence-electron chi connectivity index (χ4n) is 1.49. The van der Waals surface area contributed by atoms with E-state index in [0.717, 1.165) is 23.0 Å². The summed E-state index contributed by atoms with van der Waals surface area (Å²) in [6.45, 7) is 1.96. The maximum Gasteiger partial charge on any atom is 0.307 e. The summed E-state index contributed by atoms with van der Waals surface area (Å²) in [4.78, 5) is 20.8. The first-order chi connectivity index (χ1) is 7.13. The van der Waals surface area contributed by atoms with E-state index in [4.69, 9.17) is 5.11 Å². The van der Waals surface area contributed by atoms with Crippen LogP contribution in [0, 0.1) is 6.92 Å². The van der Waals surface area contributed by atoms with E-state index in [1.165, 1.54) is 0 Å². The van der Waals surface area contributed by atoms with Crippen LogP contribution in [-0.4, -0.2) is 17.4 Å². The van der Waals surface area contributed by atoms with Gasteiger partial charge in [0.2, 0.25) is 0 Å². The molecular formula is C12H14O3. The van der Waals surface area contributed by atoms with Gasteiger partial charge in [0, 0.05) is 6.42 Å². The van der Waals surface area contributed by atoms with Gasteiger partial charge in [-0.15, -0.1) is 0 Å². The van der Waals surface area contributed by atoms with Crippen LogP contribution >= 0.6 is 0 Å². The highest BCUT2D eigenvalue weighted by molar-refractivity contribution is 5.70. The van der Waals surface area contributed by atoms with Crippen molar-refractivity contribution in [3.63, 3.8) is 0 Å². The first-order valence-electron chi connectivity index (χ1n) is 4.87. The van der Waals surface area contributed by atoms with Gasteiger partial charge in [0.25, 0.3) is 0 Å². The number of aldehydes is 1. The molecule has 0 bridgehead atoms. The molecule has 1 rings (SSSR count). The average Bonchev–Trinajstić information content (AvgIpc) is 2.18. The van der Waals surface area contributed by atoms with E-state index in [-0.39, 0.29) is 6.42 Å². The third-order valence-electron chi connectivity index (χ3n) is 2.30. The molecule has 0 atom stereocenters. The zero-order valence-electron chi connectivity index (χ0n) is 8.69. The van der Waals surface area contributed by atoms with E-state index < -0.39 is 5.97 Å². The fraction of sp³-hybridized carbons (Fsp3) is 0.333. The maximum atomic E-state index is 10.5. The summed E-state index contributed by atoms with van der Waals surface area (Å²) in [5, 5.41) is 8.65. The molecular weight excluding hydrogens is 192 g/mol. The van der Waals surface area contributed by atoms with Gasteiger partial charge in [-0.05, 0) is 30.0 Å². The number of hydrogen-bond donors (Lipinski definition) is 1. The van der Waals surface area contributed by atoms with Crippen molar-refractivity contribution < 1.29 is 14.7 Å². The molecule has 0 radical (unpaired) electrons. The first-order valence-corrected chi connectivity index (χ1v) is 4.87. The maximum absolute atomic E-state index is 10.5. The lowest BCUT2D eigenvalue weighted by Gasteiger charge is -2.06. The molecule has 0 aliphatic rings. The second kappa shape index (κ2) is 5.29. The van der Waals surface area contributed by atoms with Gasteiger partial charge in [-0.25, -0.2) is 0 Å². The Labute approximate surface area is 88.7 Å². The predicted molar refractivity (Wildman–Crippen MR) is 56.9 cm³/mol. The molecule has 0 aromatic heterocycles. The molecule has 0 aliphatic carbocycles.